The molecule has 0 saturated heterocycles. The molecular weight excluding hydrogens is 472 g/mol. The van der Waals surface area contributed by atoms with Crippen LogP contribution in [-0.2, 0) is 10.2 Å². The number of nitrogens with one attached hydrogen (secondary N) is 2. The Labute approximate surface area is 194 Å². The highest BCUT2D eigenvalue weighted by molar-refractivity contribution is 8.00. The SMILES string of the molecule is CNS(=O)(=O)N(O)c1ccccc1SNc1c(C)c2ccc(OC(=O)N(C)C)cc2oc1=O. The molecule has 11 nitrogen and oxygen atoms in total. The van der Waals surface area contributed by atoms with Crippen LogP contribution in [0.15, 0.2) is 56.6 Å². The van der Waals surface area contributed by atoms with Gasteiger partial charge in [0.25, 0.3) is 0 Å². The number of carbonyl (C=O) groups is 1. The summed E-state index contributed by atoms with van der Waals surface area (Å²) >= 11 is 0.928. The Bertz CT molecular complexity index is 1360. The molecule has 0 radical (unpaired) electrons. The summed E-state index contributed by atoms with van der Waals surface area (Å²) < 4.78 is 39.5. The Morgan fingerprint density at radius 3 is 2.55 bits per heavy atom. The zero-order chi connectivity index (χ0) is 24.3. The maximum atomic E-state index is 12.6. The normalized spacial score (nSPS) is 11.3. The summed E-state index contributed by atoms with van der Waals surface area (Å²) in [5.74, 6) is 0.224. The van der Waals surface area contributed by atoms with E-state index >= 15 is 0 Å². The van der Waals surface area contributed by atoms with Crippen molar-refractivity contribution in [2.24, 2.45) is 0 Å². The highest BCUT2D eigenvalue weighted by Gasteiger charge is 2.22. The number of ether oxygens (including phenoxy) is 1. The number of hydrogen-bond donors (Lipinski definition) is 3. The molecule has 0 unspecified atom stereocenters. The molecular formula is C20H22N4O7S2. The van der Waals surface area contributed by atoms with E-state index in [1.807, 2.05) is 4.72 Å². The molecule has 33 heavy (non-hydrogen) atoms. The fraction of sp³-hybridized carbons (Fsp3) is 0.200. The van der Waals surface area contributed by atoms with E-state index < -0.39 is 21.9 Å². The highest BCUT2D eigenvalue weighted by atomic mass is 32.2. The quantitative estimate of drug-likeness (QED) is 0.257. The number of carbonyl (C=O) groups excluding carboxylic acids is 1. The second-order valence-electron chi connectivity index (χ2n) is 6.93. The van der Waals surface area contributed by atoms with Gasteiger partial charge in [0.2, 0.25) is 0 Å². The predicted molar refractivity (Wildman–Crippen MR) is 125 cm³/mol. The molecule has 0 aliphatic carbocycles. The van der Waals surface area contributed by atoms with Crippen LogP contribution in [0.2, 0.25) is 0 Å². The van der Waals surface area contributed by atoms with Gasteiger partial charge in [-0.05, 0) is 48.7 Å². The van der Waals surface area contributed by atoms with E-state index in [0.717, 1.165) is 11.9 Å². The van der Waals surface area contributed by atoms with E-state index in [1.165, 1.54) is 24.1 Å². The fourth-order valence-corrected chi connectivity index (χ4v) is 4.24. The summed E-state index contributed by atoms with van der Waals surface area (Å²) in [5.41, 5.74) is 0.255. The average Bonchev–Trinajstić information content (AvgIpc) is 2.78. The predicted octanol–water partition coefficient (Wildman–Crippen LogP) is 2.94. The second kappa shape index (κ2) is 9.70. The van der Waals surface area contributed by atoms with Gasteiger partial charge in [0, 0.05) is 32.6 Å². The fourth-order valence-electron chi connectivity index (χ4n) is 2.73. The van der Waals surface area contributed by atoms with E-state index in [0.29, 0.717) is 15.8 Å². The Morgan fingerprint density at radius 1 is 1.18 bits per heavy atom. The third kappa shape index (κ3) is 5.22. The standard InChI is InChI=1S/C20H22N4O7S2/c1-12-14-10-9-13(30-20(26)23(3)4)11-16(14)31-19(25)18(12)22-32-17-8-6-5-7-15(17)24(27)33(28,29)21-2/h5-11,21-22,27H,1-4H3. The number of fused-ring (bicyclic) bond motifs is 1. The Morgan fingerprint density at radius 2 is 1.88 bits per heavy atom. The Kier molecular flexibility index (Phi) is 7.17. The molecule has 0 atom stereocenters. The molecule has 0 aliphatic heterocycles. The molecule has 0 saturated carbocycles. The largest absolute Gasteiger partial charge is 0.421 e. The van der Waals surface area contributed by atoms with Gasteiger partial charge < -0.3 is 18.8 Å². The lowest BCUT2D eigenvalue weighted by molar-refractivity contribution is 0.172. The van der Waals surface area contributed by atoms with Crippen molar-refractivity contribution >= 4 is 50.6 Å². The minimum absolute atomic E-state index is 0.0143. The van der Waals surface area contributed by atoms with Crippen molar-refractivity contribution in [1.29, 1.82) is 0 Å². The van der Waals surface area contributed by atoms with Gasteiger partial charge in [-0.3, -0.25) is 5.21 Å². The Hall–Kier alpha value is -3.26. The molecule has 1 amide bonds. The molecule has 2 aromatic carbocycles. The monoisotopic (exact) mass is 494 g/mol. The number of benzene rings is 2. The third-order valence-electron chi connectivity index (χ3n) is 4.53. The van der Waals surface area contributed by atoms with Gasteiger partial charge in [-0.25, -0.2) is 9.59 Å². The highest BCUT2D eigenvalue weighted by Crippen LogP contribution is 2.33. The summed E-state index contributed by atoms with van der Waals surface area (Å²) in [7, 11) is 0.123. The lowest BCUT2D eigenvalue weighted by Gasteiger charge is -2.19. The number of rotatable bonds is 7. The first-order valence-electron chi connectivity index (χ1n) is 9.46. The topological polar surface area (TPSA) is 141 Å². The van der Waals surface area contributed by atoms with Gasteiger partial charge in [0.15, 0.2) is 0 Å². The van der Waals surface area contributed by atoms with E-state index in [1.54, 1.807) is 51.4 Å². The lowest BCUT2D eigenvalue weighted by Crippen LogP contribution is -2.36. The van der Waals surface area contributed by atoms with Gasteiger partial charge in [-0.2, -0.15) is 13.1 Å². The smallest absolute Gasteiger partial charge is 0.414 e. The molecule has 0 aliphatic rings. The first-order valence-corrected chi connectivity index (χ1v) is 11.7. The zero-order valence-electron chi connectivity index (χ0n) is 18.1. The van der Waals surface area contributed by atoms with Crippen LogP contribution in [0.5, 0.6) is 5.75 Å². The van der Waals surface area contributed by atoms with Crippen molar-refractivity contribution in [3.05, 3.63) is 58.4 Å². The van der Waals surface area contributed by atoms with Crippen LogP contribution in [-0.4, -0.2) is 45.8 Å². The molecule has 0 fully saturated rings. The number of hydrogen-bond acceptors (Lipinski definition) is 9. The molecule has 13 heteroatoms. The lowest BCUT2D eigenvalue weighted by atomic mass is 10.1. The van der Waals surface area contributed by atoms with E-state index in [9.17, 15) is 23.2 Å². The summed E-state index contributed by atoms with van der Waals surface area (Å²) in [6, 6.07) is 10.9. The van der Waals surface area contributed by atoms with Gasteiger partial charge in [0.05, 0.1) is 10.6 Å². The van der Waals surface area contributed by atoms with Gasteiger partial charge >= 0.3 is 21.9 Å². The van der Waals surface area contributed by atoms with Crippen LogP contribution < -0.4 is 24.3 Å². The molecule has 176 valence electrons. The minimum Gasteiger partial charge on any atom is -0.421 e. The van der Waals surface area contributed by atoms with Gasteiger partial charge in [-0.15, -0.1) is 4.47 Å². The molecule has 1 aromatic heterocycles. The summed E-state index contributed by atoms with van der Waals surface area (Å²) in [6.07, 6.45) is -0.569. The molecule has 0 spiro atoms. The maximum Gasteiger partial charge on any atom is 0.414 e. The van der Waals surface area contributed by atoms with Crippen LogP contribution in [0.25, 0.3) is 11.0 Å². The zero-order valence-corrected chi connectivity index (χ0v) is 19.8. The maximum absolute atomic E-state index is 12.6. The van der Waals surface area contributed by atoms with Crippen LogP contribution >= 0.6 is 11.9 Å². The number of aryl methyl sites for hydroxylation is 1. The number of anilines is 2. The van der Waals surface area contributed by atoms with E-state index in [4.69, 9.17) is 9.15 Å². The first kappa shape index (κ1) is 24.4. The molecule has 3 N–H and O–H groups in total. The van der Waals surface area contributed by atoms with Crippen molar-refractivity contribution < 1.29 is 27.6 Å². The van der Waals surface area contributed by atoms with Crippen molar-refractivity contribution in [2.45, 2.75) is 11.8 Å². The number of amides is 1. The summed E-state index contributed by atoms with van der Waals surface area (Å²) in [5, 5.41) is 10.7. The van der Waals surface area contributed by atoms with Crippen molar-refractivity contribution in [2.75, 3.05) is 30.3 Å². The number of nitrogens with zero attached hydrogens (tertiary/aromatic N) is 2. The Balaban J connectivity index is 1.91. The van der Waals surface area contributed by atoms with E-state index in [2.05, 4.69) is 4.72 Å². The van der Waals surface area contributed by atoms with Crippen LogP contribution in [0.1, 0.15) is 5.56 Å². The average molecular weight is 495 g/mol. The van der Waals surface area contributed by atoms with Crippen LogP contribution in [0.4, 0.5) is 16.2 Å². The molecule has 3 aromatic rings. The van der Waals surface area contributed by atoms with Gasteiger partial charge in [0.1, 0.15) is 17.0 Å². The molecule has 1 heterocycles. The molecule has 0 bridgehead atoms. The van der Waals surface area contributed by atoms with Crippen molar-refractivity contribution in [1.82, 2.24) is 9.62 Å². The minimum atomic E-state index is -4.14. The van der Waals surface area contributed by atoms with Gasteiger partial charge in [-0.1, -0.05) is 12.1 Å². The van der Waals surface area contributed by atoms with Crippen LogP contribution in [0.3, 0.4) is 0 Å². The van der Waals surface area contributed by atoms with E-state index in [-0.39, 0.29) is 27.2 Å². The van der Waals surface area contributed by atoms with Crippen molar-refractivity contribution in [3.63, 3.8) is 0 Å². The molecule has 3 rings (SSSR count). The summed E-state index contributed by atoms with van der Waals surface area (Å²) in [4.78, 5) is 26.0. The third-order valence-corrected chi connectivity index (χ3v) is 6.57. The second-order valence-corrected chi connectivity index (χ2v) is 9.49. The number of para-hydroxylation sites is 1. The van der Waals surface area contributed by atoms with Crippen LogP contribution in [0, 0.1) is 6.92 Å². The summed E-state index contributed by atoms with van der Waals surface area (Å²) in [6.45, 7) is 1.71. The first-order chi connectivity index (χ1) is 15.5. The van der Waals surface area contributed by atoms with Crippen molar-refractivity contribution in [3.8, 4) is 5.75 Å².